The first-order chi connectivity index (χ1) is 13.2. The molecule has 3 aromatic rings. The van der Waals surface area contributed by atoms with Gasteiger partial charge in [-0.05, 0) is 69.3 Å². The number of nitrogens with one attached hydrogen (secondary N) is 1. The number of aliphatic hydroxyl groups excluding tert-OH is 1. The topological polar surface area (TPSA) is 39.3 Å². The molecule has 1 heterocycles. The number of rotatable bonds is 5. The van der Waals surface area contributed by atoms with Crippen LogP contribution in [0.2, 0.25) is 0 Å². The number of hydrogen-bond donors (Lipinski definition) is 2. The van der Waals surface area contributed by atoms with E-state index in [-0.39, 0.29) is 12.1 Å². The van der Waals surface area contributed by atoms with Crippen LogP contribution >= 0.6 is 0 Å². The Kier molecular flexibility index (Phi) is 5.07. The molecule has 4 rings (SSSR count). The summed E-state index contributed by atoms with van der Waals surface area (Å²) in [6.45, 7) is 0.202. The van der Waals surface area contributed by atoms with Crippen molar-refractivity contribution >= 4 is 10.9 Å². The van der Waals surface area contributed by atoms with E-state index in [0.29, 0.717) is 5.92 Å². The van der Waals surface area contributed by atoms with Crippen molar-refractivity contribution in [2.45, 2.75) is 43.6 Å². The molecule has 0 amide bonds. The van der Waals surface area contributed by atoms with Crippen LogP contribution in [0.3, 0.4) is 0 Å². The molecule has 2 N–H and O–H groups in total. The van der Waals surface area contributed by atoms with Gasteiger partial charge < -0.3 is 10.1 Å². The molecule has 142 valence electrons. The zero-order valence-corrected chi connectivity index (χ0v) is 16.4. The Labute approximate surface area is 162 Å². The quantitative estimate of drug-likeness (QED) is 0.683. The summed E-state index contributed by atoms with van der Waals surface area (Å²) in [5.74, 6) is 0.538. The molecule has 3 heteroatoms. The molecule has 1 aromatic heterocycles. The third-order valence-electron chi connectivity index (χ3n) is 6.60. The third kappa shape index (κ3) is 3.19. The van der Waals surface area contributed by atoms with Crippen LogP contribution in [-0.4, -0.2) is 35.7 Å². The van der Waals surface area contributed by atoms with E-state index in [4.69, 9.17) is 0 Å². The molecule has 0 atom stereocenters. The van der Waals surface area contributed by atoms with Crippen LogP contribution < -0.4 is 0 Å². The maximum absolute atomic E-state index is 9.60. The zero-order valence-electron chi connectivity index (χ0n) is 16.4. The summed E-state index contributed by atoms with van der Waals surface area (Å²) < 4.78 is 0. The largest absolute Gasteiger partial charge is 0.396 e. The normalized spacial score (nSPS) is 23.2. The van der Waals surface area contributed by atoms with Gasteiger partial charge in [-0.2, -0.15) is 0 Å². The second-order valence-electron chi connectivity index (χ2n) is 8.10. The maximum atomic E-state index is 9.60. The van der Waals surface area contributed by atoms with Crippen molar-refractivity contribution in [2.24, 2.45) is 0 Å². The minimum atomic E-state index is 0.126. The summed E-state index contributed by atoms with van der Waals surface area (Å²) in [4.78, 5) is 6.11. The lowest BCUT2D eigenvalue weighted by atomic mass is 9.70. The number of aromatic amines is 1. The molecule has 0 bridgehead atoms. The van der Waals surface area contributed by atoms with E-state index in [1.807, 2.05) is 0 Å². The van der Waals surface area contributed by atoms with Crippen LogP contribution in [0.4, 0.5) is 0 Å². The highest BCUT2D eigenvalue weighted by atomic mass is 16.2. The van der Waals surface area contributed by atoms with Gasteiger partial charge >= 0.3 is 0 Å². The second-order valence-corrected chi connectivity index (χ2v) is 8.10. The van der Waals surface area contributed by atoms with Crippen molar-refractivity contribution in [2.75, 3.05) is 20.7 Å². The summed E-state index contributed by atoms with van der Waals surface area (Å²) in [7, 11) is 4.43. The lowest BCUT2D eigenvalue weighted by Crippen LogP contribution is -2.44. The molecule has 0 spiro atoms. The van der Waals surface area contributed by atoms with Crippen molar-refractivity contribution in [3.8, 4) is 0 Å². The third-order valence-corrected chi connectivity index (χ3v) is 6.60. The van der Waals surface area contributed by atoms with Gasteiger partial charge in [-0.3, -0.25) is 4.90 Å². The Bertz CT molecular complexity index is 889. The summed E-state index contributed by atoms with van der Waals surface area (Å²) in [5.41, 5.74) is 5.42. The van der Waals surface area contributed by atoms with E-state index >= 15 is 0 Å². The molecule has 0 aliphatic heterocycles. The molecule has 2 aromatic carbocycles. The average Bonchev–Trinajstić information content (AvgIpc) is 3.07. The number of aromatic nitrogens is 1. The summed E-state index contributed by atoms with van der Waals surface area (Å²) in [6, 6.07) is 19.5. The molecular formula is C24H30N2O. The number of para-hydroxylation sites is 1. The van der Waals surface area contributed by atoms with Crippen molar-refractivity contribution in [3.63, 3.8) is 0 Å². The number of H-pyrrole nitrogens is 1. The highest BCUT2D eigenvalue weighted by Crippen LogP contribution is 2.47. The number of nitrogens with zero attached hydrogens (tertiary/aromatic N) is 1. The Hall–Kier alpha value is -2.10. The number of aliphatic hydroxyl groups is 1. The molecule has 1 aliphatic rings. The van der Waals surface area contributed by atoms with Crippen LogP contribution in [0, 0.1) is 0 Å². The van der Waals surface area contributed by atoms with Gasteiger partial charge in [0.1, 0.15) is 0 Å². The Morgan fingerprint density at radius 3 is 2.33 bits per heavy atom. The highest BCUT2D eigenvalue weighted by molar-refractivity contribution is 5.84. The molecule has 0 radical (unpaired) electrons. The smallest absolute Gasteiger partial charge is 0.0472 e. The summed E-state index contributed by atoms with van der Waals surface area (Å²) >= 11 is 0. The first-order valence-electron chi connectivity index (χ1n) is 10.1. The van der Waals surface area contributed by atoms with Gasteiger partial charge in [0, 0.05) is 28.7 Å². The monoisotopic (exact) mass is 362 g/mol. The lowest BCUT2D eigenvalue weighted by Gasteiger charge is -2.45. The van der Waals surface area contributed by atoms with Crippen LogP contribution in [0.25, 0.3) is 10.9 Å². The number of hydrogen-bond acceptors (Lipinski definition) is 2. The van der Waals surface area contributed by atoms with Gasteiger partial charge in [-0.25, -0.2) is 0 Å². The fraction of sp³-hybridized carbons (Fsp3) is 0.417. The fourth-order valence-electron chi connectivity index (χ4n) is 5.08. The molecule has 1 fully saturated rings. The molecule has 27 heavy (non-hydrogen) atoms. The summed E-state index contributed by atoms with van der Waals surface area (Å²) in [6.07, 6.45) is 5.37. The van der Waals surface area contributed by atoms with Gasteiger partial charge in [0.05, 0.1) is 0 Å². The van der Waals surface area contributed by atoms with E-state index < -0.39 is 0 Å². The van der Waals surface area contributed by atoms with E-state index in [9.17, 15) is 5.11 Å². The minimum absolute atomic E-state index is 0.126. The van der Waals surface area contributed by atoms with Crippen LogP contribution in [0.1, 0.15) is 48.4 Å². The van der Waals surface area contributed by atoms with Gasteiger partial charge in [0.2, 0.25) is 0 Å². The predicted molar refractivity (Wildman–Crippen MR) is 112 cm³/mol. The Balaban J connectivity index is 1.64. The first kappa shape index (κ1) is 18.3. The lowest BCUT2D eigenvalue weighted by molar-refractivity contribution is 0.0903. The van der Waals surface area contributed by atoms with Crippen molar-refractivity contribution in [1.29, 1.82) is 0 Å². The van der Waals surface area contributed by atoms with E-state index in [1.54, 1.807) is 0 Å². The number of fused-ring (bicyclic) bond motifs is 1. The van der Waals surface area contributed by atoms with Gasteiger partial charge in [0.15, 0.2) is 0 Å². The van der Waals surface area contributed by atoms with Crippen LogP contribution in [0.15, 0.2) is 54.6 Å². The van der Waals surface area contributed by atoms with Gasteiger partial charge in [0.25, 0.3) is 0 Å². The van der Waals surface area contributed by atoms with Crippen LogP contribution in [-0.2, 0) is 12.0 Å². The maximum Gasteiger partial charge on any atom is 0.0472 e. The summed E-state index contributed by atoms with van der Waals surface area (Å²) in [5, 5.41) is 10.9. The van der Waals surface area contributed by atoms with Crippen molar-refractivity contribution in [1.82, 2.24) is 9.88 Å². The first-order valence-corrected chi connectivity index (χ1v) is 10.1. The molecule has 0 saturated heterocycles. The average molecular weight is 363 g/mol. The van der Waals surface area contributed by atoms with Gasteiger partial charge in [-0.15, -0.1) is 0 Å². The van der Waals surface area contributed by atoms with E-state index in [1.165, 1.54) is 40.6 Å². The molecule has 1 aliphatic carbocycles. The van der Waals surface area contributed by atoms with Crippen molar-refractivity contribution in [3.05, 3.63) is 71.4 Å². The second kappa shape index (κ2) is 7.49. The standard InChI is InChI=1S/C24H30N2O/c1-26(2)24(19-8-4-3-5-9-19)15-12-18(13-16-24)23-21(14-17-27)20-10-6-7-11-22(20)25-23/h3-11,18,25,27H,12-17H2,1-2H3. The minimum Gasteiger partial charge on any atom is -0.396 e. The highest BCUT2D eigenvalue weighted by Gasteiger charge is 2.39. The SMILES string of the molecule is CN(C)C1(c2ccccc2)CCC(c2[nH]c3ccccc3c2CCO)CC1. The molecule has 0 unspecified atom stereocenters. The Morgan fingerprint density at radius 2 is 1.67 bits per heavy atom. The Morgan fingerprint density at radius 1 is 1.00 bits per heavy atom. The van der Waals surface area contributed by atoms with Crippen molar-refractivity contribution < 1.29 is 5.11 Å². The predicted octanol–water partition coefficient (Wildman–Crippen LogP) is 4.82. The van der Waals surface area contributed by atoms with Gasteiger partial charge in [-0.1, -0.05) is 48.5 Å². The molecule has 3 nitrogen and oxygen atoms in total. The zero-order chi connectivity index (χ0) is 18.9. The molecule has 1 saturated carbocycles. The molecular weight excluding hydrogens is 332 g/mol. The van der Waals surface area contributed by atoms with E-state index in [0.717, 1.165) is 19.3 Å². The fourth-order valence-corrected chi connectivity index (χ4v) is 5.08. The van der Waals surface area contributed by atoms with Crippen LogP contribution in [0.5, 0.6) is 0 Å². The van der Waals surface area contributed by atoms with E-state index in [2.05, 4.69) is 78.6 Å². The number of benzene rings is 2.